The minimum absolute atomic E-state index is 0.175. The van der Waals surface area contributed by atoms with Crippen LogP contribution in [-0.2, 0) is 26.1 Å². The number of benzene rings is 1. The third-order valence-corrected chi connectivity index (χ3v) is 5.09. The first-order chi connectivity index (χ1) is 12.6. The number of nitrogens with one attached hydrogen (secondary N) is 1. The van der Waals surface area contributed by atoms with Crippen molar-refractivity contribution in [3.05, 3.63) is 53.2 Å². The molecule has 146 valence electrons. The number of esters is 1. The number of amides is 1. The van der Waals surface area contributed by atoms with E-state index in [4.69, 9.17) is 9.15 Å². The minimum atomic E-state index is -3.86. The van der Waals surface area contributed by atoms with Crippen LogP contribution in [0.15, 0.2) is 39.6 Å². The minimum Gasteiger partial charge on any atom is -0.464 e. The number of halogens is 1. The Hall–Kier alpha value is -2.72. The van der Waals surface area contributed by atoms with Gasteiger partial charge in [-0.25, -0.2) is 22.3 Å². The Kier molecular flexibility index (Phi) is 6.34. The number of hydrogen-bond donors (Lipinski definition) is 1. The quantitative estimate of drug-likeness (QED) is 0.708. The number of ether oxygens (including phenoxy) is 1. The van der Waals surface area contributed by atoms with Gasteiger partial charge in [0.05, 0.1) is 17.0 Å². The summed E-state index contributed by atoms with van der Waals surface area (Å²) in [6.07, 6.45) is 0. The van der Waals surface area contributed by atoms with Crippen LogP contribution in [0.25, 0.3) is 0 Å². The molecular formula is C17H19FN2O6S. The van der Waals surface area contributed by atoms with Gasteiger partial charge in [-0.05, 0) is 44.3 Å². The van der Waals surface area contributed by atoms with Crippen LogP contribution in [0, 0.1) is 12.7 Å². The molecule has 1 amide bonds. The van der Waals surface area contributed by atoms with Gasteiger partial charge in [0.2, 0.25) is 10.0 Å². The number of carbonyl (C=O) groups excluding carboxylic acids is 2. The molecule has 0 fully saturated rings. The molecule has 0 aliphatic carbocycles. The van der Waals surface area contributed by atoms with Crippen molar-refractivity contribution >= 4 is 21.9 Å². The lowest BCUT2D eigenvalue weighted by Gasteiger charge is -2.15. The van der Waals surface area contributed by atoms with E-state index in [9.17, 15) is 22.4 Å². The predicted molar refractivity (Wildman–Crippen MR) is 92.8 cm³/mol. The lowest BCUT2D eigenvalue weighted by Crippen LogP contribution is -2.30. The first-order valence-electron chi connectivity index (χ1n) is 7.83. The fraction of sp³-hybridized carbons (Fsp3) is 0.294. The number of nitrogens with zero attached hydrogens (tertiary/aromatic N) is 1. The zero-order chi connectivity index (χ0) is 20.2. The van der Waals surface area contributed by atoms with E-state index in [2.05, 4.69) is 4.72 Å². The summed E-state index contributed by atoms with van der Waals surface area (Å²) in [5.74, 6) is -1.37. The van der Waals surface area contributed by atoms with Crippen molar-refractivity contribution in [3.63, 3.8) is 0 Å². The van der Waals surface area contributed by atoms with E-state index in [1.54, 1.807) is 19.1 Å². The Morgan fingerprint density at radius 3 is 2.56 bits per heavy atom. The van der Waals surface area contributed by atoms with Crippen molar-refractivity contribution in [1.82, 2.24) is 9.62 Å². The van der Waals surface area contributed by atoms with Crippen molar-refractivity contribution in [2.45, 2.75) is 18.4 Å². The van der Waals surface area contributed by atoms with Crippen LogP contribution < -0.4 is 4.72 Å². The lowest BCUT2D eigenvalue weighted by molar-refractivity contribution is -0.134. The summed E-state index contributed by atoms with van der Waals surface area (Å²) in [6.45, 7) is 1.32. The third-order valence-electron chi connectivity index (χ3n) is 3.68. The molecule has 0 radical (unpaired) electrons. The summed E-state index contributed by atoms with van der Waals surface area (Å²) >= 11 is 0. The Labute approximate surface area is 156 Å². The van der Waals surface area contributed by atoms with E-state index in [-0.39, 0.29) is 11.4 Å². The molecule has 2 aromatic rings. The molecule has 1 N–H and O–H groups in total. The maximum absolute atomic E-state index is 13.9. The zero-order valence-electron chi connectivity index (χ0n) is 15.0. The van der Waals surface area contributed by atoms with E-state index in [1.165, 1.54) is 19.0 Å². The first kappa shape index (κ1) is 20.6. The highest BCUT2D eigenvalue weighted by molar-refractivity contribution is 7.89. The van der Waals surface area contributed by atoms with Gasteiger partial charge >= 0.3 is 5.97 Å². The molecule has 0 saturated heterocycles. The molecule has 8 nitrogen and oxygen atoms in total. The topological polar surface area (TPSA) is 106 Å². The van der Waals surface area contributed by atoms with Crippen molar-refractivity contribution in [2.75, 3.05) is 20.7 Å². The Bertz CT molecular complexity index is 954. The number of likely N-dealkylation sites (N-methyl/N-ethyl adjacent to an activating group) is 1. The van der Waals surface area contributed by atoms with Crippen LogP contribution in [0.1, 0.15) is 21.9 Å². The van der Waals surface area contributed by atoms with Gasteiger partial charge < -0.3 is 14.1 Å². The maximum Gasteiger partial charge on any atom is 0.341 e. The van der Waals surface area contributed by atoms with Gasteiger partial charge in [0.25, 0.3) is 5.91 Å². The first-order valence-corrected chi connectivity index (χ1v) is 9.32. The summed E-state index contributed by atoms with van der Waals surface area (Å²) in [5, 5.41) is 0. The second-order valence-electron chi connectivity index (χ2n) is 5.69. The molecule has 1 aromatic carbocycles. The Morgan fingerprint density at radius 2 is 1.96 bits per heavy atom. The molecule has 1 aromatic heterocycles. The van der Waals surface area contributed by atoms with Gasteiger partial charge in [-0.2, -0.15) is 0 Å². The summed E-state index contributed by atoms with van der Waals surface area (Å²) in [7, 11) is -1.18. The molecule has 0 saturated carbocycles. The molecule has 2 rings (SSSR count). The van der Waals surface area contributed by atoms with Gasteiger partial charge in [0, 0.05) is 7.05 Å². The molecule has 1 heterocycles. The molecule has 0 spiro atoms. The SMILES string of the molecule is CNS(=O)(=O)c1ccc(F)c(C(=O)OCC(=O)N(C)Cc2ccc(C)o2)c1. The van der Waals surface area contributed by atoms with E-state index in [0.29, 0.717) is 11.5 Å². The molecule has 27 heavy (non-hydrogen) atoms. The molecule has 0 aliphatic heterocycles. The van der Waals surface area contributed by atoms with Crippen LogP contribution in [0.3, 0.4) is 0 Å². The number of aryl methyl sites for hydroxylation is 1. The normalized spacial score (nSPS) is 11.3. The fourth-order valence-electron chi connectivity index (χ4n) is 2.15. The van der Waals surface area contributed by atoms with Gasteiger partial charge in [0.1, 0.15) is 17.3 Å². The van der Waals surface area contributed by atoms with Gasteiger partial charge in [-0.1, -0.05) is 0 Å². The standard InChI is InChI=1S/C17H19FN2O6S/c1-11-4-5-12(26-11)9-20(3)16(21)10-25-17(22)14-8-13(6-7-15(14)18)27(23,24)19-2/h4-8,19H,9-10H2,1-3H3. The van der Waals surface area contributed by atoms with Crippen molar-refractivity contribution < 1.29 is 31.6 Å². The Balaban J connectivity index is 2.02. The molecule has 0 atom stereocenters. The van der Waals surface area contributed by atoms with Crippen LogP contribution in [0.4, 0.5) is 4.39 Å². The lowest BCUT2D eigenvalue weighted by atomic mass is 10.2. The largest absolute Gasteiger partial charge is 0.464 e. The smallest absolute Gasteiger partial charge is 0.341 e. The fourth-order valence-corrected chi connectivity index (χ4v) is 2.91. The van der Waals surface area contributed by atoms with E-state index in [0.717, 1.165) is 18.2 Å². The summed E-state index contributed by atoms with van der Waals surface area (Å²) in [4.78, 5) is 25.1. The van der Waals surface area contributed by atoms with Gasteiger partial charge in [0.15, 0.2) is 6.61 Å². The number of carbonyl (C=O) groups is 2. The highest BCUT2D eigenvalue weighted by atomic mass is 32.2. The number of hydrogen-bond acceptors (Lipinski definition) is 6. The molecule has 0 unspecified atom stereocenters. The monoisotopic (exact) mass is 398 g/mol. The van der Waals surface area contributed by atoms with Crippen molar-refractivity contribution in [1.29, 1.82) is 0 Å². The average molecular weight is 398 g/mol. The third kappa shape index (κ3) is 5.14. The maximum atomic E-state index is 13.9. The summed E-state index contributed by atoms with van der Waals surface area (Å²) in [5.41, 5.74) is -0.580. The predicted octanol–water partition coefficient (Wildman–Crippen LogP) is 1.45. The number of sulfonamides is 1. The van der Waals surface area contributed by atoms with Crippen LogP contribution >= 0.6 is 0 Å². The molecule has 10 heteroatoms. The van der Waals surface area contributed by atoms with Crippen molar-refractivity contribution in [2.24, 2.45) is 0 Å². The molecule has 0 aliphatic rings. The Morgan fingerprint density at radius 1 is 1.26 bits per heavy atom. The number of furan rings is 1. The second-order valence-corrected chi connectivity index (χ2v) is 7.57. The van der Waals surface area contributed by atoms with E-state index >= 15 is 0 Å². The molecular weight excluding hydrogens is 379 g/mol. The van der Waals surface area contributed by atoms with Gasteiger partial charge in [-0.15, -0.1) is 0 Å². The van der Waals surface area contributed by atoms with E-state index in [1.807, 2.05) is 0 Å². The zero-order valence-corrected chi connectivity index (χ0v) is 15.8. The number of rotatable bonds is 7. The molecule has 0 bridgehead atoms. The summed E-state index contributed by atoms with van der Waals surface area (Å²) in [6, 6.07) is 6.18. The second kappa shape index (κ2) is 8.31. The van der Waals surface area contributed by atoms with Crippen LogP contribution in [0.2, 0.25) is 0 Å². The van der Waals surface area contributed by atoms with E-state index < -0.39 is 39.9 Å². The van der Waals surface area contributed by atoms with Gasteiger partial charge in [-0.3, -0.25) is 4.79 Å². The van der Waals surface area contributed by atoms with Crippen LogP contribution in [-0.4, -0.2) is 45.9 Å². The highest BCUT2D eigenvalue weighted by Crippen LogP contribution is 2.16. The van der Waals surface area contributed by atoms with Crippen LogP contribution in [0.5, 0.6) is 0 Å². The average Bonchev–Trinajstić information content (AvgIpc) is 3.04. The highest BCUT2D eigenvalue weighted by Gasteiger charge is 2.21. The summed E-state index contributed by atoms with van der Waals surface area (Å²) < 4.78 is 49.6. The van der Waals surface area contributed by atoms with Crippen molar-refractivity contribution in [3.8, 4) is 0 Å².